The van der Waals surface area contributed by atoms with E-state index in [-0.39, 0.29) is 11.4 Å². The Labute approximate surface area is 167 Å². The average Bonchev–Trinajstić information content (AvgIpc) is 3.03. The zero-order chi connectivity index (χ0) is 21.2. The molecule has 5 nitrogen and oxygen atoms in total. The number of anilines is 2. The van der Waals surface area contributed by atoms with Gasteiger partial charge in [0.05, 0.1) is 5.69 Å². The molecule has 0 amide bonds. The molecule has 0 fully saturated rings. The molecule has 3 N–H and O–H groups in total. The maximum Gasteiger partial charge on any atom is 0.417 e. The normalized spacial score (nSPS) is 19.4. The van der Waals surface area contributed by atoms with Gasteiger partial charge in [-0.05, 0) is 43.7 Å². The lowest BCUT2D eigenvalue weighted by atomic mass is 9.83. The highest BCUT2D eigenvalue weighted by atomic mass is 19.4. The van der Waals surface area contributed by atoms with Gasteiger partial charge in [0.2, 0.25) is 0 Å². The second-order valence-electron chi connectivity index (χ2n) is 6.62. The van der Waals surface area contributed by atoms with Crippen molar-refractivity contribution in [2.24, 2.45) is 5.73 Å². The van der Waals surface area contributed by atoms with Gasteiger partial charge < -0.3 is 10.6 Å². The summed E-state index contributed by atoms with van der Waals surface area (Å²) >= 11 is 0. The fourth-order valence-electron chi connectivity index (χ4n) is 3.60. The first-order valence-corrected chi connectivity index (χ1v) is 9.25. The van der Waals surface area contributed by atoms with E-state index in [1.165, 1.54) is 12.1 Å². The number of halogens is 3. The van der Waals surface area contributed by atoms with E-state index in [9.17, 15) is 18.4 Å². The minimum atomic E-state index is -4.80. The summed E-state index contributed by atoms with van der Waals surface area (Å²) in [5.41, 5.74) is 6.29. The molecule has 1 atom stereocenters. The second kappa shape index (κ2) is 7.68. The van der Waals surface area contributed by atoms with Gasteiger partial charge in [-0.15, -0.1) is 0 Å². The van der Waals surface area contributed by atoms with Gasteiger partial charge in [-0.25, -0.2) is 5.43 Å². The molecule has 2 aromatic rings. The van der Waals surface area contributed by atoms with Crippen LogP contribution in [-0.2, 0) is 5.54 Å². The van der Waals surface area contributed by atoms with Gasteiger partial charge in [-0.2, -0.15) is 18.4 Å². The van der Waals surface area contributed by atoms with Crippen LogP contribution in [0.1, 0.15) is 19.4 Å². The lowest BCUT2D eigenvalue weighted by Gasteiger charge is -2.34. The Hall–Kier alpha value is -3.18. The minimum Gasteiger partial charge on any atom is -0.383 e. The third kappa shape index (κ3) is 3.28. The molecule has 0 saturated carbocycles. The highest BCUT2D eigenvalue weighted by molar-refractivity contribution is 5.62. The highest BCUT2D eigenvalue weighted by Gasteiger charge is 2.64. The quantitative estimate of drug-likeness (QED) is 0.792. The van der Waals surface area contributed by atoms with E-state index in [1.807, 2.05) is 18.7 Å². The summed E-state index contributed by atoms with van der Waals surface area (Å²) < 4.78 is 43.4. The third-order valence-electron chi connectivity index (χ3n) is 5.13. The van der Waals surface area contributed by atoms with Gasteiger partial charge in [0.1, 0.15) is 17.5 Å². The second-order valence-corrected chi connectivity index (χ2v) is 6.62. The van der Waals surface area contributed by atoms with Gasteiger partial charge in [-0.3, -0.25) is 5.01 Å². The van der Waals surface area contributed by atoms with Crippen molar-refractivity contribution in [1.29, 1.82) is 5.26 Å². The van der Waals surface area contributed by atoms with Gasteiger partial charge in [0, 0.05) is 18.8 Å². The molecule has 2 aromatic carbocycles. The van der Waals surface area contributed by atoms with E-state index in [2.05, 4.69) is 5.43 Å². The molecule has 0 aromatic heterocycles. The molecule has 0 aliphatic carbocycles. The Morgan fingerprint density at radius 1 is 1.07 bits per heavy atom. The number of nitrogens with zero attached hydrogens (tertiary/aromatic N) is 3. The predicted octanol–water partition coefficient (Wildman–Crippen LogP) is 4.01. The smallest absolute Gasteiger partial charge is 0.383 e. The zero-order valence-corrected chi connectivity index (χ0v) is 16.2. The molecule has 1 aliphatic rings. The monoisotopic (exact) mass is 401 g/mol. The Morgan fingerprint density at radius 2 is 1.66 bits per heavy atom. The van der Waals surface area contributed by atoms with Gasteiger partial charge in [0.15, 0.2) is 5.54 Å². The molecule has 3 rings (SSSR count). The SMILES string of the molecule is CCN(CC)c1ccc([C@@]2(C(F)(F)F)NN(c3ccccc3)C(N)=C2C#N)cc1. The molecule has 1 heterocycles. The molecule has 1 aliphatic heterocycles. The molecule has 0 unspecified atom stereocenters. The topological polar surface area (TPSA) is 68.3 Å². The van der Waals surface area contributed by atoms with Crippen LogP contribution in [0, 0.1) is 11.3 Å². The minimum absolute atomic E-state index is 0.0983. The molecular formula is C21H22F3N5. The van der Waals surface area contributed by atoms with Gasteiger partial charge in [-0.1, -0.05) is 30.3 Å². The van der Waals surface area contributed by atoms with Crippen LogP contribution >= 0.6 is 0 Å². The number of benzene rings is 2. The Kier molecular flexibility index (Phi) is 5.44. The largest absolute Gasteiger partial charge is 0.417 e. The Morgan fingerprint density at radius 3 is 2.14 bits per heavy atom. The summed E-state index contributed by atoms with van der Waals surface area (Å²) in [6.07, 6.45) is -4.80. The molecular weight excluding hydrogens is 379 g/mol. The standard InChI is InChI=1S/C21H22F3N5/c1-3-28(4-2)16-12-10-15(11-13-16)20(21(22,23)24)18(14-25)19(26)29(27-20)17-8-6-5-7-9-17/h5-13,27H,3-4,26H2,1-2H3/t20-/m1/s1. The maximum atomic E-state index is 14.5. The van der Waals surface area contributed by atoms with E-state index in [0.29, 0.717) is 5.69 Å². The van der Waals surface area contributed by atoms with E-state index >= 15 is 0 Å². The van der Waals surface area contributed by atoms with Crippen LogP contribution in [0.25, 0.3) is 0 Å². The van der Waals surface area contributed by atoms with Gasteiger partial charge in [0.25, 0.3) is 0 Å². The lowest BCUT2D eigenvalue weighted by molar-refractivity contribution is -0.185. The fourth-order valence-corrected chi connectivity index (χ4v) is 3.60. The van der Waals surface area contributed by atoms with Crippen molar-refractivity contribution in [3.63, 3.8) is 0 Å². The van der Waals surface area contributed by atoms with E-state index in [4.69, 9.17) is 5.73 Å². The van der Waals surface area contributed by atoms with Crippen LogP contribution < -0.4 is 21.1 Å². The van der Waals surface area contributed by atoms with Crippen LogP contribution in [-0.4, -0.2) is 19.3 Å². The number of alkyl halides is 3. The first kappa shape index (κ1) is 20.6. The van der Waals surface area contributed by atoms with Crippen LogP contribution in [0.5, 0.6) is 0 Å². The van der Waals surface area contributed by atoms with E-state index in [0.717, 1.165) is 23.8 Å². The van der Waals surface area contributed by atoms with Crippen molar-refractivity contribution in [3.05, 3.63) is 71.6 Å². The Bertz CT molecular complexity index is 928. The van der Waals surface area contributed by atoms with Crippen LogP contribution in [0.4, 0.5) is 24.5 Å². The van der Waals surface area contributed by atoms with Crippen molar-refractivity contribution in [1.82, 2.24) is 5.43 Å². The molecule has 0 saturated heterocycles. The number of nitrogens with one attached hydrogen (secondary N) is 1. The molecule has 0 bridgehead atoms. The molecule has 0 spiro atoms. The fraction of sp³-hybridized carbons (Fsp3) is 0.286. The van der Waals surface area contributed by atoms with Crippen LogP contribution in [0.2, 0.25) is 0 Å². The lowest BCUT2D eigenvalue weighted by Crippen LogP contribution is -2.56. The number of hydrogen-bond acceptors (Lipinski definition) is 5. The first-order chi connectivity index (χ1) is 13.8. The van der Waals surface area contributed by atoms with Crippen LogP contribution in [0.3, 0.4) is 0 Å². The first-order valence-electron chi connectivity index (χ1n) is 9.25. The number of nitriles is 1. The summed E-state index contributed by atoms with van der Waals surface area (Å²) in [6, 6.07) is 16.1. The third-order valence-corrected chi connectivity index (χ3v) is 5.13. The van der Waals surface area contributed by atoms with Crippen molar-refractivity contribution < 1.29 is 13.2 Å². The van der Waals surface area contributed by atoms with E-state index in [1.54, 1.807) is 48.5 Å². The zero-order valence-electron chi connectivity index (χ0n) is 16.2. The van der Waals surface area contributed by atoms with E-state index < -0.39 is 17.3 Å². The molecule has 29 heavy (non-hydrogen) atoms. The number of rotatable bonds is 5. The Balaban J connectivity index is 2.14. The summed E-state index contributed by atoms with van der Waals surface area (Å²) in [5, 5.41) is 10.7. The number of hydrogen-bond donors (Lipinski definition) is 2. The van der Waals surface area contributed by atoms with Crippen molar-refractivity contribution >= 4 is 11.4 Å². The van der Waals surface area contributed by atoms with Crippen molar-refractivity contribution in [2.45, 2.75) is 25.6 Å². The summed E-state index contributed by atoms with van der Waals surface area (Å²) in [6.45, 7) is 5.41. The molecule has 8 heteroatoms. The van der Waals surface area contributed by atoms with Crippen molar-refractivity contribution in [2.75, 3.05) is 23.0 Å². The van der Waals surface area contributed by atoms with Gasteiger partial charge >= 0.3 is 6.18 Å². The number of nitrogens with two attached hydrogens (primary N) is 1. The number of hydrazine groups is 1. The predicted molar refractivity (Wildman–Crippen MR) is 107 cm³/mol. The highest BCUT2D eigenvalue weighted by Crippen LogP contribution is 2.49. The average molecular weight is 401 g/mol. The maximum absolute atomic E-state index is 14.5. The van der Waals surface area contributed by atoms with Crippen LogP contribution in [0.15, 0.2) is 66.0 Å². The molecule has 152 valence electrons. The molecule has 0 radical (unpaired) electrons. The summed E-state index contributed by atoms with van der Waals surface area (Å²) in [4.78, 5) is 2.03. The number of para-hydroxylation sites is 1. The summed E-state index contributed by atoms with van der Waals surface area (Å²) in [5.74, 6) is -0.274. The van der Waals surface area contributed by atoms with Crippen molar-refractivity contribution in [3.8, 4) is 6.07 Å². The summed E-state index contributed by atoms with van der Waals surface area (Å²) in [7, 11) is 0.